The van der Waals surface area contributed by atoms with Crippen molar-refractivity contribution in [3.05, 3.63) is 69.9 Å². The minimum atomic E-state index is -0.172. The van der Waals surface area contributed by atoms with Crippen LogP contribution < -0.4 is 5.32 Å². The third-order valence-corrected chi connectivity index (χ3v) is 5.14. The third kappa shape index (κ3) is 4.17. The summed E-state index contributed by atoms with van der Waals surface area (Å²) in [6.07, 6.45) is 0.875. The fourth-order valence-electron chi connectivity index (χ4n) is 3.02. The molecule has 1 aromatic heterocycles. The normalized spacial score (nSPS) is 12.5. The fourth-order valence-corrected chi connectivity index (χ4v) is 3.39. The van der Waals surface area contributed by atoms with Crippen molar-refractivity contribution in [1.82, 2.24) is 10.2 Å². The zero-order valence-electron chi connectivity index (χ0n) is 15.3. The molecule has 1 atom stereocenters. The first-order valence-corrected chi connectivity index (χ1v) is 9.42. The lowest BCUT2D eigenvalue weighted by molar-refractivity contribution is 0.0915. The first kappa shape index (κ1) is 18.7. The molecule has 0 saturated heterocycles. The number of fused-ring (bicyclic) bond motifs is 1. The van der Waals surface area contributed by atoms with Gasteiger partial charge >= 0.3 is 0 Å². The number of likely N-dealkylation sites (N-methyl/N-ethyl adjacent to an activating group) is 1. The van der Waals surface area contributed by atoms with E-state index in [0.717, 1.165) is 27.4 Å². The van der Waals surface area contributed by atoms with Crippen LogP contribution in [-0.2, 0) is 6.42 Å². The molecule has 4 nitrogen and oxygen atoms in total. The average Bonchev–Trinajstić information content (AvgIpc) is 2.95. The van der Waals surface area contributed by atoms with Crippen LogP contribution in [0.25, 0.3) is 11.0 Å². The summed E-state index contributed by atoms with van der Waals surface area (Å²) in [4.78, 5) is 14.8. The second-order valence-corrected chi connectivity index (χ2v) is 7.63. The first-order valence-electron chi connectivity index (χ1n) is 8.63. The second kappa shape index (κ2) is 8.06. The van der Waals surface area contributed by atoms with E-state index in [2.05, 4.69) is 38.3 Å². The lowest BCUT2D eigenvalue weighted by Crippen LogP contribution is -2.41. The number of carbonyl (C=O) groups is 1. The lowest BCUT2D eigenvalue weighted by atomic mass is 10.1. The highest BCUT2D eigenvalue weighted by atomic mass is 79.9. The number of rotatable bonds is 6. The van der Waals surface area contributed by atoms with Crippen LogP contribution in [0.4, 0.5) is 0 Å². The van der Waals surface area contributed by atoms with E-state index < -0.39 is 0 Å². The van der Waals surface area contributed by atoms with Crippen LogP contribution in [0.1, 0.15) is 21.7 Å². The Balaban J connectivity index is 1.71. The van der Waals surface area contributed by atoms with Gasteiger partial charge < -0.3 is 14.6 Å². The van der Waals surface area contributed by atoms with Crippen molar-refractivity contribution in [2.45, 2.75) is 19.4 Å². The van der Waals surface area contributed by atoms with Crippen LogP contribution in [0.15, 0.2) is 57.4 Å². The van der Waals surface area contributed by atoms with Gasteiger partial charge in [0.15, 0.2) is 5.76 Å². The number of benzene rings is 2. The van der Waals surface area contributed by atoms with Crippen LogP contribution in [0.2, 0.25) is 0 Å². The van der Waals surface area contributed by atoms with E-state index in [4.69, 9.17) is 4.42 Å². The molecule has 0 bridgehead atoms. The summed E-state index contributed by atoms with van der Waals surface area (Å²) in [7, 11) is 4.06. The van der Waals surface area contributed by atoms with Crippen molar-refractivity contribution < 1.29 is 9.21 Å². The number of hydrogen-bond acceptors (Lipinski definition) is 3. The molecule has 0 unspecified atom stereocenters. The summed E-state index contributed by atoms with van der Waals surface area (Å²) in [5, 5.41) is 3.99. The predicted molar refractivity (Wildman–Crippen MR) is 109 cm³/mol. The van der Waals surface area contributed by atoms with E-state index in [-0.39, 0.29) is 11.9 Å². The molecule has 5 heteroatoms. The summed E-state index contributed by atoms with van der Waals surface area (Å²) in [6.45, 7) is 2.47. The Morgan fingerprint density at radius 3 is 2.62 bits per heavy atom. The maximum absolute atomic E-state index is 12.7. The summed E-state index contributed by atoms with van der Waals surface area (Å²) in [5.41, 5.74) is 2.85. The van der Waals surface area contributed by atoms with E-state index in [1.807, 2.05) is 57.4 Å². The molecular formula is C21H23BrN2O2. The maximum Gasteiger partial charge on any atom is 0.287 e. The Bertz CT molecular complexity index is 903. The maximum atomic E-state index is 12.7. The van der Waals surface area contributed by atoms with Gasteiger partial charge in [0.25, 0.3) is 5.91 Å². The van der Waals surface area contributed by atoms with E-state index in [1.165, 1.54) is 5.56 Å². The van der Waals surface area contributed by atoms with Crippen LogP contribution in [0.3, 0.4) is 0 Å². The summed E-state index contributed by atoms with van der Waals surface area (Å²) in [5.74, 6) is 0.213. The van der Waals surface area contributed by atoms with Crippen LogP contribution in [0, 0.1) is 6.92 Å². The number of nitrogens with one attached hydrogen (secondary N) is 1. The van der Waals surface area contributed by atoms with Crippen LogP contribution in [0.5, 0.6) is 0 Å². The molecule has 0 fully saturated rings. The molecule has 0 radical (unpaired) electrons. The van der Waals surface area contributed by atoms with Crippen molar-refractivity contribution in [2.24, 2.45) is 0 Å². The van der Waals surface area contributed by atoms with Gasteiger partial charge in [-0.05, 0) is 51.2 Å². The topological polar surface area (TPSA) is 45.5 Å². The van der Waals surface area contributed by atoms with Crippen molar-refractivity contribution in [3.63, 3.8) is 0 Å². The van der Waals surface area contributed by atoms with Gasteiger partial charge in [-0.3, -0.25) is 4.79 Å². The Hall–Kier alpha value is -2.11. The average molecular weight is 415 g/mol. The molecule has 26 heavy (non-hydrogen) atoms. The lowest BCUT2D eigenvalue weighted by Gasteiger charge is -2.24. The molecule has 136 valence electrons. The highest BCUT2D eigenvalue weighted by Crippen LogP contribution is 2.28. The number of amides is 1. The zero-order valence-corrected chi connectivity index (χ0v) is 16.8. The fraction of sp³-hybridized carbons (Fsp3) is 0.286. The number of halogens is 1. The molecule has 0 saturated carbocycles. The molecule has 2 aromatic carbocycles. The smallest absolute Gasteiger partial charge is 0.287 e. The van der Waals surface area contributed by atoms with Crippen molar-refractivity contribution in [2.75, 3.05) is 20.6 Å². The Kier molecular flexibility index (Phi) is 5.79. The van der Waals surface area contributed by atoms with Gasteiger partial charge in [0, 0.05) is 28.0 Å². The first-order chi connectivity index (χ1) is 12.5. The largest absolute Gasteiger partial charge is 0.451 e. The molecule has 0 aliphatic carbocycles. The molecule has 1 heterocycles. The van der Waals surface area contributed by atoms with Crippen molar-refractivity contribution >= 4 is 32.8 Å². The summed E-state index contributed by atoms with van der Waals surface area (Å²) >= 11 is 3.46. The second-order valence-electron chi connectivity index (χ2n) is 6.71. The molecule has 3 rings (SSSR count). The number of furan rings is 1. The molecule has 3 aromatic rings. The minimum absolute atomic E-state index is 0.172. The van der Waals surface area contributed by atoms with E-state index >= 15 is 0 Å². The number of nitrogens with zero attached hydrogens (tertiary/aromatic N) is 1. The quantitative estimate of drug-likeness (QED) is 0.649. The predicted octanol–water partition coefficient (Wildman–Crippen LogP) is 4.41. The van der Waals surface area contributed by atoms with Gasteiger partial charge in [-0.2, -0.15) is 0 Å². The van der Waals surface area contributed by atoms with Gasteiger partial charge in [0.2, 0.25) is 0 Å². The molecule has 1 N–H and O–H groups in total. The summed E-state index contributed by atoms with van der Waals surface area (Å²) in [6, 6.07) is 16.3. The third-order valence-electron chi connectivity index (χ3n) is 4.65. The molecule has 1 amide bonds. The van der Waals surface area contributed by atoms with Crippen molar-refractivity contribution in [3.8, 4) is 0 Å². The molecule has 0 aliphatic heterocycles. The zero-order chi connectivity index (χ0) is 18.7. The number of aryl methyl sites for hydroxylation is 1. The molecule has 0 spiro atoms. The standard InChI is InChI=1S/C21H23BrN2O2/c1-14-18-12-16(22)9-10-19(18)26-20(14)21(25)23-13-17(24(2)3)11-15-7-5-4-6-8-15/h4-10,12,17H,11,13H2,1-3H3,(H,23,25)/t17-/m1/s1. The summed E-state index contributed by atoms with van der Waals surface area (Å²) < 4.78 is 6.75. The Morgan fingerprint density at radius 1 is 1.19 bits per heavy atom. The van der Waals surface area contributed by atoms with Gasteiger partial charge in [-0.1, -0.05) is 46.3 Å². The van der Waals surface area contributed by atoms with Crippen molar-refractivity contribution in [1.29, 1.82) is 0 Å². The van der Waals surface area contributed by atoms with Crippen LogP contribution >= 0.6 is 15.9 Å². The Labute approximate surface area is 162 Å². The van der Waals surface area contributed by atoms with E-state index in [1.54, 1.807) is 0 Å². The number of hydrogen-bond donors (Lipinski definition) is 1. The van der Waals surface area contributed by atoms with Gasteiger partial charge in [-0.25, -0.2) is 0 Å². The van der Waals surface area contributed by atoms with Gasteiger partial charge in [0.1, 0.15) is 5.58 Å². The Morgan fingerprint density at radius 2 is 1.92 bits per heavy atom. The molecular weight excluding hydrogens is 392 g/mol. The highest BCUT2D eigenvalue weighted by molar-refractivity contribution is 9.10. The SMILES string of the molecule is Cc1c(C(=O)NC[C@@H](Cc2ccccc2)N(C)C)oc2ccc(Br)cc12. The number of carbonyl (C=O) groups excluding carboxylic acids is 1. The van der Waals surface area contributed by atoms with Gasteiger partial charge in [-0.15, -0.1) is 0 Å². The van der Waals surface area contributed by atoms with Crippen LogP contribution in [-0.4, -0.2) is 37.5 Å². The van der Waals surface area contributed by atoms with E-state index in [9.17, 15) is 4.79 Å². The van der Waals surface area contributed by atoms with Gasteiger partial charge in [0.05, 0.1) is 0 Å². The molecule has 0 aliphatic rings. The minimum Gasteiger partial charge on any atom is -0.451 e. The monoisotopic (exact) mass is 414 g/mol. The highest BCUT2D eigenvalue weighted by Gasteiger charge is 2.20. The van der Waals surface area contributed by atoms with E-state index in [0.29, 0.717) is 12.3 Å².